The van der Waals surface area contributed by atoms with E-state index in [0.29, 0.717) is 13.0 Å². The molecule has 0 saturated carbocycles. The largest absolute Gasteiger partial charge is 0.480 e. The monoisotopic (exact) mass is 230 g/mol. The van der Waals surface area contributed by atoms with Crippen molar-refractivity contribution in [1.82, 2.24) is 10.2 Å². The van der Waals surface area contributed by atoms with Gasteiger partial charge >= 0.3 is 5.97 Å². The van der Waals surface area contributed by atoms with Gasteiger partial charge in [-0.05, 0) is 13.5 Å². The Morgan fingerprint density at radius 1 is 1.69 bits per heavy atom. The fourth-order valence-corrected chi connectivity index (χ4v) is 1.87. The van der Waals surface area contributed by atoms with Gasteiger partial charge in [-0.3, -0.25) is 4.79 Å². The Hall–Kier alpha value is -0.650. The highest BCUT2D eigenvalue weighted by molar-refractivity contribution is 5.73. The van der Waals surface area contributed by atoms with E-state index in [1.807, 2.05) is 6.92 Å². The lowest BCUT2D eigenvalue weighted by Crippen LogP contribution is -2.48. The first-order chi connectivity index (χ1) is 7.63. The van der Waals surface area contributed by atoms with Gasteiger partial charge in [0.15, 0.2) is 0 Å². The van der Waals surface area contributed by atoms with Crippen LogP contribution in [0, 0.1) is 0 Å². The average molecular weight is 230 g/mol. The third-order valence-electron chi connectivity index (χ3n) is 2.81. The van der Waals surface area contributed by atoms with Crippen molar-refractivity contribution in [3.05, 3.63) is 0 Å². The zero-order chi connectivity index (χ0) is 12.0. The van der Waals surface area contributed by atoms with Gasteiger partial charge in [0.25, 0.3) is 0 Å². The number of carbonyl (C=O) groups is 1. The number of hydrogen-bond donors (Lipinski definition) is 2. The summed E-state index contributed by atoms with van der Waals surface area (Å²) in [6.45, 7) is 5.15. The number of hydrogen-bond acceptors (Lipinski definition) is 4. The predicted octanol–water partition coefficient (Wildman–Crippen LogP) is 0.160. The van der Waals surface area contributed by atoms with Gasteiger partial charge in [0, 0.05) is 19.6 Å². The van der Waals surface area contributed by atoms with Crippen LogP contribution in [0.2, 0.25) is 0 Å². The van der Waals surface area contributed by atoms with Gasteiger partial charge in [0.2, 0.25) is 0 Å². The standard InChI is InChI=1S/C11H22N2O3/c1-3-4-10(11(14)15)12-7-9-8-13(2)5-6-16-9/h9-10,12H,3-8H2,1-2H3,(H,14,15). The lowest BCUT2D eigenvalue weighted by molar-refractivity contribution is -0.139. The second kappa shape index (κ2) is 6.83. The highest BCUT2D eigenvalue weighted by atomic mass is 16.5. The quantitative estimate of drug-likeness (QED) is 0.680. The summed E-state index contributed by atoms with van der Waals surface area (Å²) in [6.07, 6.45) is 1.64. The van der Waals surface area contributed by atoms with Crippen LogP contribution in [0.4, 0.5) is 0 Å². The van der Waals surface area contributed by atoms with Gasteiger partial charge in [0.1, 0.15) is 6.04 Å². The Labute approximate surface area is 96.8 Å². The minimum absolute atomic E-state index is 0.109. The zero-order valence-corrected chi connectivity index (χ0v) is 10.1. The van der Waals surface area contributed by atoms with Crippen LogP contribution in [0.25, 0.3) is 0 Å². The van der Waals surface area contributed by atoms with Crippen molar-refractivity contribution >= 4 is 5.97 Å². The first-order valence-corrected chi connectivity index (χ1v) is 5.89. The molecule has 0 radical (unpaired) electrons. The number of nitrogens with one attached hydrogen (secondary N) is 1. The number of rotatable bonds is 6. The number of likely N-dealkylation sites (N-methyl/N-ethyl adjacent to an activating group) is 1. The molecule has 0 aromatic heterocycles. The van der Waals surface area contributed by atoms with Crippen molar-refractivity contribution in [3.8, 4) is 0 Å². The third-order valence-corrected chi connectivity index (χ3v) is 2.81. The number of morpholine rings is 1. The topological polar surface area (TPSA) is 61.8 Å². The molecule has 0 aliphatic carbocycles. The Balaban J connectivity index is 2.28. The van der Waals surface area contributed by atoms with Crippen molar-refractivity contribution in [2.75, 3.05) is 33.3 Å². The summed E-state index contributed by atoms with van der Waals surface area (Å²) in [5.74, 6) is -0.772. The fraction of sp³-hybridized carbons (Fsp3) is 0.909. The molecule has 16 heavy (non-hydrogen) atoms. The summed E-state index contributed by atoms with van der Waals surface area (Å²) >= 11 is 0. The molecule has 1 heterocycles. The number of ether oxygens (including phenoxy) is 1. The zero-order valence-electron chi connectivity index (χ0n) is 10.1. The molecule has 0 bridgehead atoms. The van der Waals surface area contributed by atoms with E-state index in [2.05, 4.69) is 17.3 Å². The van der Waals surface area contributed by atoms with Crippen molar-refractivity contribution < 1.29 is 14.6 Å². The summed E-state index contributed by atoms with van der Waals surface area (Å²) < 4.78 is 5.56. The number of carboxylic acids is 1. The molecule has 1 rings (SSSR count). The minimum atomic E-state index is -0.772. The maximum absolute atomic E-state index is 10.9. The maximum Gasteiger partial charge on any atom is 0.320 e. The summed E-state index contributed by atoms with van der Waals surface area (Å²) in [5.41, 5.74) is 0. The lowest BCUT2D eigenvalue weighted by Gasteiger charge is -2.30. The Morgan fingerprint density at radius 2 is 2.44 bits per heavy atom. The van der Waals surface area contributed by atoms with Gasteiger partial charge in [0.05, 0.1) is 12.7 Å². The number of nitrogens with zero attached hydrogens (tertiary/aromatic N) is 1. The summed E-state index contributed by atoms with van der Waals surface area (Å²) in [6, 6.07) is -0.444. The second-order valence-corrected chi connectivity index (χ2v) is 4.34. The van der Waals surface area contributed by atoms with Crippen LogP contribution < -0.4 is 5.32 Å². The molecule has 2 N–H and O–H groups in total. The molecule has 0 aromatic carbocycles. The Morgan fingerprint density at radius 3 is 3.00 bits per heavy atom. The SMILES string of the molecule is CCCC(NCC1CN(C)CCO1)C(=O)O. The number of carboxylic acid groups (broad SMARTS) is 1. The molecule has 2 atom stereocenters. The van der Waals surface area contributed by atoms with Gasteiger partial charge < -0.3 is 20.1 Å². The van der Waals surface area contributed by atoms with E-state index < -0.39 is 12.0 Å². The van der Waals surface area contributed by atoms with Crippen LogP contribution in [0.15, 0.2) is 0 Å². The minimum Gasteiger partial charge on any atom is -0.480 e. The van der Waals surface area contributed by atoms with Gasteiger partial charge in [-0.25, -0.2) is 0 Å². The average Bonchev–Trinajstić information content (AvgIpc) is 2.24. The van der Waals surface area contributed by atoms with Crippen molar-refractivity contribution in [1.29, 1.82) is 0 Å². The van der Waals surface area contributed by atoms with Gasteiger partial charge in [-0.2, -0.15) is 0 Å². The Bertz CT molecular complexity index is 223. The molecule has 5 heteroatoms. The summed E-state index contributed by atoms with van der Waals surface area (Å²) in [5, 5.41) is 12.0. The fourth-order valence-electron chi connectivity index (χ4n) is 1.87. The van der Waals surface area contributed by atoms with Crippen LogP contribution in [0.3, 0.4) is 0 Å². The number of aliphatic carboxylic acids is 1. The van der Waals surface area contributed by atoms with Crippen LogP contribution in [0.1, 0.15) is 19.8 Å². The molecule has 1 aliphatic rings. The van der Waals surface area contributed by atoms with Crippen LogP contribution in [-0.2, 0) is 9.53 Å². The van der Waals surface area contributed by atoms with E-state index in [4.69, 9.17) is 9.84 Å². The van der Waals surface area contributed by atoms with Gasteiger partial charge in [-0.15, -0.1) is 0 Å². The molecule has 5 nitrogen and oxygen atoms in total. The highest BCUT2D eigenvalue weighted by Crippen LogP contribution is 2.03. The van der Waals surface area contributed by atoms with E-state index in [0.717, 1.165) is 26.1 Å². The molecule has 1 fully saturated rings. The van der Waals surface area contributed by atoms with Crippen molar-refractivity contribution in [2.24, 2.45) is 0 Å². The molecular formula is C11H22N2O3. The van der Waals surface area contributed by atoms with Crippen molar-refractivity contribution in [3.63, 3.8) is 0 Å². The highest BCUT2D eigenvalue weighted by Gasteiger charge is 2.21. The smallest absolute Gasteiger partial charge is 0.320 e. The first-order valence-electron chi connectivity index (χ1n) is 5.89. The van der Waals surface area contributed by atoms with E-state index in [9.17, 15) is 4.79 Å². The molecule has 1 saturated heterocycles. The Kier molecular flexibility index (Phi) is 5.73. The molecular weight excluding hydrogens is 208 g/mol. The van der Waals surface area contributed by atoms with E-state index >= 15 is 0 Å². The predicted molar refractivity (Wildman–Crippen MR) is 61.6 cm³/mol. The lowest BCUT2D eigenvalue weighted by atomic mass is 10.1. The van der Waals surface area contributed by atoms with E-state index in [-0.39, 0.29) is 6.10 Å². The maximum atomic E-state index is 10.9. The van der Waals surface area contributed by atoms with Crippen LogP contribution in [-0.4, -0.2) is 61.4 Å². The first kappa shape index (κ1) is 13.4. The molecule has 94 valence electrons. The van der Waals surface area contributed by atoms with Crippen molar-refractivity contribution in [2.45, 2.75) is 31.9 Å². The van der Waals surface area contributed by atoms with Gasteiger partial charge in [-0.1, -0.05) is 13.3 Å². The molecule has 0 spiro atoms. The normalized spacial score (nSPS) is 24.2. The molecule has 2 unspecified atom stereocenters. The summed E-state index contributed by atoms with van der Waals surface area (Å²) in [4.78, 5) is 13.1. The molecule has 1 aliphatic heterocycles. The molecule has 0 amide bonds. The van der Waals surface area contributed by atoms with Crippen LogP contribution >= 0.6 is 0 Å². The van der Waals surface area contributed by atoms with E-state index in [1.165, 1.54) is 0 Å². The van der Waals surface area contributed by atoms with E-state index in [1.54, 1.807) is 0 Å². The second-order valence-electron chi connectivity index (χ2n) is 4.34. The molecule has 0 aromatic rings. The van der Waals surface area contributed by atoms with Crippen LogP contribution in [0.5, 0.6) is 0 Å². The third kappa shape index (κ3) is 4.47. The summed E-state index contributed by atoms with van der Waals surface area (Å²) in [7, 11) is 2.05.